The Labute approximate surface area is 152 Å². The van der Waals surface area contributed by atoms with Crippen molar-refractivity contribution in [2.24, 2.45) is 0 Å². The van der Waals surface area contributed by atoms with Crippen LogP contribution in [0.15, 0.2) is 72.8 Å². The predicted octanol–water partition coefficient (Wildman–Crippen LogP) is 4.70. The van der Waals surface area contributed by atoms with Gasteiger partial charge in [-0.1, -0.05) is 12.1 Å². The minimum absolute atomic E-state index is 0.210. The topological polar surface area (TPSA) is 59.6 Å². The van der Waals surface area contributed by atoms with Crippen LogP contribution in [0.4, 0.5) is 17.1 Å². The number of carbonyl (C=O) groups is 1. The average Bonchev–Trinajstić information content (AvgIpc) is 2.70. The van der Waals surface area contributed by atoms with Gasteiger partial charge in [-0.2, -0.15) is 0 Å². The van der Waals surface area contributed by atoms with Crippen LogP contribution in [0.1, 0.15) is 10.4 Å². The monoisotopic (exact) mass is 348 g/mol. The molecule has 3 rings (SSSR count). The lowest BCUT2D eigenvalue weighted by Gasteiger charge is -2.11. The lowest BCUT2D eigenvalue weighted by atomic mass is 10.2. The van der Waals surface area contributed by atoms with E-state index in [9.17, 15) is 4.79 Å². The second-order valence-corrected chi connectivity index (χ2v) is 5.59. The maximum atomic E-state index is 12.4. The van der Waals surface area contributed by atoms with Crippen molar-refractivity contribution >= 4 is 23.0 Å². The van der Waals surface area contributed by atoms with Gasteiger partial charge in [0.1, 0.15) is 11.5 Å². The molecule has 0 saturated carbocycles. The van der Waals surface area contributed by atoms with Gasteiger partial charge in [-0.05, 0) is 60.7 Å². The molecular weight excluding hydrogens is 328 g/mol. The van der Waals surface area contributed by atoms with Crippen LogP contribution in [0.3, 0.4) is 0 Å². The summed E-state index contributed by atoms with van der Waals surface area (Å²) in [5, 5.41) is 6.17. The van der Waals surface area contributed by atoms with Crippen molar-refractivity contribution in [1.82, 2.24) is 0 Å². The lowest BCUT2D eigenvalue weighted by Crippen LogP contribution is -2.13. The first-order valence-electron chi connectivity index (χ1n) is 8.15. The number of benzene rings is 3. The number of anilines is 3. The molecule has 0 fully saturated rings. The van der Waals surface area contributed by atoms with Crippen molar-refractivity contribution in [2.45, 2.75) is 0 Å². The largest absolute Gasteiger partial charge is 0.497 e. The molecule has 0 unspecified atom stereocenters. The Morgan fingerprint density at radius 2 is 1.31 bits per heavy atom. The maximum Gasteiger partial charge on any atom is 0.259 e. The van der Waals surface area contributed by atoms with Gasteiger partial charge in [0.15, 0.2) is 0 Å². The van der Waals surface area contributed by atoms with Gasteiger partial charge < -0.3 is 20.1 Å². The summed E-state index contributed by atoms with van der Waals surface area (Å²) in [4.78, 5) is 12.4. The van der Waals surface area contributed by atoms with Gasteiger partial charge in [-0.25, -0.2) is 0 Å². The molecule has 0 aliphatic rings. The molecule has 26 heavy (non-hydrogen) atoms. The van der Waals surface area contributed by atoms with Crippen LogP contribution in [-0.4, -0.2) is 20.1 Å². The summed E-state index contributed by atoms with van der Waals surface area (Å²) < 4.78 is 10.4. The van der Waals surface area contributed by atoms with Crippen LogP contribution in [0.5, 0.6) is 11.5 Å². The maximum absolute atomic E-state index is 12.4. The van der Waals surface area contributed by atoms with Crippen LogP contribution >= 0.6 is 0 Å². The molecule has 2 N–H and O–H groups in total. The van der Waals surface area contributed by atoms with E-state index >= 15 is 0 Å². The molecule has 0 bridgehead atoms. The second kappa shape index (κ2) is 8.07. The number of hydrogen-bond acceptors (Lipinski definition) is 4. The Morgan fingerprint density at radius 3 is 1.92 bits per heavy atom. The van der Waals surface area contributed by atoms with Gasteiger partial charge in [-0.15, -0.1) is 0 Å². The van der Waals surface area contributed by atoms with E-state index in [2.05, 4.69) is 10.6 Å². The molecular formula is C21H20N2O3. The van der Waals surface area contributed by atoms with E-state index in [1.807, 2.05) is 54.6 Å². The smallest absolute Gasteiger partial charge is 0.259 e. The molecule has 5 heteroatoms. The van der Waals surface area contributed by atoms with Crippen molar-refractivity contribution in [3.63, 3.8) is 0 Å². The number of methoxy groups -OCH3 is 2. The molecule has 1 amide bonds. The van der Waals surface area contributed by atoms with Gasteiger partial charge in [0.2, 0.25) is 0 Å². The van der Waals surface area contributed by atoms with Gasteiger partial charge >= 0.3 is 0 Å². The Kier molecular flexibility index (Phi) is 5.39. The van der Waals surface area contributed by atoms with Crippen LogP contribution in [0.25, 0.3) is 0 Å². The second-order valence-electron chi connectivity index (χ2n) is 5.59. The molecule has 3 aromatic carbocycles. The predicted molar refractivity (Wildman–Crippen MR) is 104 cm³/mol. The minimum atomic E-state index is -0.210. The van der Waals surface area contributed by atoms with Crippen molar-refractivity contribution < 1.29 is 14.3 Å². The molecule has 132 valence electrons. The SMILES string of the molecule is COc1ccc(Nc2ccc(NC(=O)c3ccccc3OC)cc2)cc1. The molecule has 5 nitrogen and oxygen atoms in total. The number of hydrogen-bond donors (Lipinski definition) is 2. The molecule has 0 heterocycles. The van der Waals surface area contributed by atoms with Crippen molar-refractivity contribution in [2.75, 3.05) is 24.9 Å². The summed E-state index contributed by atoms with van der Waals surface area (Å²) in [7, 11) is 3.19. The molecule has 0 saturated heterocycles. The Bertz CT molecular complexity index is 875. The van der Waals surface area contributed by atoms with E-state index in [0.717, 1.165) is 17.1 Å². The zero-order valence-corrected chi connectivity index (χ0v) is 14.7. The van der Waals surface area contributed by atoms with Gasteiger partial charge in [0.05, 0.1) is 19.8 Å². The molecule has 0 aliphatic carbocycles. The van der Waals surface area contributed by atoms with Crippen molar-refractivity contribution in [3.05, 3.63) is 78.4 Å². The molecule has 0 aliphatic heterocycles. The standard InChI is InChI=1S/C21H20N2O3/c1-25-18-13-11-16(12-14-18)22-15-7-9-17(10-8-15)23-21(24)19-5-3-4-6-20(19)26-2/h3-14,22H,1-2H3,(H,23,24). The zero-order valence-electron chi connectivity index (χ0n) is 14.7. The summed E-state index contributed by atoms with van der Waals surface area (Å²) in [5.74, 6) is 1.14. The van der Waals surface area contributed by atoms with Gasteiger partial charge in [-0.3, -0.25) is 4.79 Å². The summed E-state index contributed by atoms with van der Waals surface area (Å²) in [6.07, 6.45) is 0. The van der Waals surface area contributed by atoms with Crippen LogP contribution in [0.2, 0.25) is 0 Å². The average molecular weight is 348 g/mol. The molecule has 0 atom stereocenters. The lowest BCUT2D eigenvalue weighted by molar-refractivity contribution is 0.102. The number of ether oxygens (including phenoxy) is 2. The van der Waals surface area contributed by atoms with Crippen LogP contribution < -0.4 is 20.1 Å². The molecule has 0 radical (unpaired) electrons. The van der Waals surface area contributed by atoms with Crippen LogP contribution in [-0.2, 0) is 0 Å². The first kappa shape index (κ1) is 17.4. The summed E-state index contributed by atoms with van der Waals surface area (Å²) >= 11 is 0. The summed E-state index contributed by atoms with van der Waals surface area (Å²) in [6, 6.07) is 22.3. The highest BCUT2D eigenvalue weighted by atomic mass is 16.5. The quantitative estimate of drug-likeness (QED) is 0.678. The third-order valence-corrected chi connectivity index (χ3v) is 3.87. The molecule has 0 spiro atoms. The third-order valence-electron chi connectivity index (χ3n) is 3.87. The Balaban J connectivity index is 1.66. The van der Waals surface area contributed by atoms with Gasteiger partial charge in [0, 0.05) is 17.1 Å². The number of nitrogens with one attached hydrogen (secondary N) is 2. The Morgan fingerprint density at radius 1 is 0.731 bits per heavy atom. The van der Waals surface area contributed by atoms with E-state index in [1.54, 1.807) is 32.4 Å². The fraction of sp³-hybridized carbons (Fsp3) is 0.0952. The fourth-order valence-corrected chi connectivity index (χ4v) is 2.51. The number of amides is 1. The number of rotatable bonds is 6. The molecule has 0 aromatic heterocycles. The summed E-state index contributed by atoms with van der Waals surface area (Å²) in [6.45, 7) is 0. The number of carbonyl (C=O) groups excluding carboxylic acids is 1. The Hall–Kier alpha value is -3.47. The van der Waals surface area contributed by atoms with Crippen molar-refractivity contribution in [3.8, 4) is 11.5 Å². The van der Waals surface area contributed by atoms with Gasteiger partial charge in [0.25, 0.3) is 5.91 Å². The van der Waals surface area contributed by atoms with Crippen molar-refractivity contribution in [1.29, 1.82) is 0 Å². The number of para-hydroxylation sites is 1. The first-order chi connectivity index (χ1) is 12.7. The molecule has 3 aromatic rings. The minimum Gasteiger partial charge on any atom is -0.497 e. The fourth-order valence-electron chi connectivity index (χ4n) is 2.51. The summed E-state index contributed by atoms with van der Waals surface area (Å²) in [5.41, 5.74) is 3.08. The van der Waals surface area contributed by atoms with E-state index in [0.29, 0.717) is 17.0 Å². The highest BCUT2D eigenvalue weighted by Gasteiger charge is 2.11. The normalized spacial score (nSPS) is 10.1. The highest BCUT2D eigenvalue weighted by Crippen LogP contribution is 2.23. The first-order valence-corrected chi connectivity index (χ1v) is 8.15. The zero-order chi connectivity index (χ0) is 18.4. The van der Waals surface area contributed by atoms with E-state index < -0.39 is 0 Å². The highest BCUT2D eigenvalue weighted by molar-refractivity contribution is 6.06. The third kappa shape index (κ3) is 4.13. The van der Waals surface area contributed by atoms with E-state index in [4.69, 9.17) is 9.47 Å². The van der Waals surface area contributed by atoms with E-state index in [1.165, 1.54) is 0 Å². The van der Waals surface area contributed by atoms with E-state index in [-0.39, 0.29) is 5.91 Å². The van der Waals surface area contributed by atoms with Crippen LogP contribution in [0, 0.1) is 0 Å².